The van der Waals surface area contributed by atoms with Gasteiger partial charge in [-0.1, -0.05) is 17.7 Å². The van der Waals surface area contributed by atoms with Crippen molar-refractivity contribution in [3.8, 4) is 0 Å². The Morgan fingerprint density at radius 2 is 2.00 bits per heavy atom. The Hall–Kier alpha value is -1.01. The molecule has 2 aromatic carbocycles. The minimum atomic E-state index is -0.516. The molecule has 2 rings (SSSR count). The second-order valence-electron chi connectivity index (χ2n) is 3.49. The van der Waals surface area contributed by atoms with Crippen molar-refractivity contribution < 1.29 is 4.39 Å². The maximum atomic E-state index is 13.1. The molecule has 0 aliphatic heterocycles. The summed E-state index contributed by atoms with van der Waals surface area (Å²) in [5, 5.41) is 3.15. The van der Waals surface area contributed by atoms with Gasteiger partial charge in [-0.05, 0) is 46.9 Å². The fourth-order valence-electron chi connectivity index (χ4n) is 1.39. The molecule has 0 aliphatic carbocycles. The number of halogens is 3. The standard InChI is InChI=1S/C12H9ClFIN2/c13-9-5-12(11(16)6-10(9)14)17-8-3-1-2-7(15)4-8/h1-6,17H,16H2. The van der Waals surface area contributed by atoms with Gasteiger partial charge >= 0.3 is 0 Å². The Labute approximate surface area is 117 Å². The van der Waals surface area contributed by atoms with Gasteiger partial charge in [0, 0.05) is 15.3 Å². The lowest BCUT2D eigenvalue weighted by Crippen LogP contribution is -1.97. The van der Waals surface area contributed by atoms with Gasteiger partial charge in [0.1, 0.15) is 5.82 Å². The summed E-state index contributed by atoms with van der Waals surface area (Å²) in [5.41, 5.74) is 7.51. The quantitative estimate of drug-likeness (QED) is 0.613. The van der Waals surface area contributed by atoms with Crippen LogP contribution in [0.1, 0.15) is 0 Å². The predicted molar refractivity (Wildman–Crippen MR) is 78.3 cm³/mol. The van der Waals surface area contributed by atoms with Gasteiger partial charge in [0.2, 0.25) is 0 Å². The molecule has 5 heteroatoms. The second-order valence-corrected chi connectivity index (χ2v) is 5.14. The summed E-state index contributed by atoms with van der Waals surface area (Å²) in [7, 11) is 0. The Kier molecular flexibility index (Phi) is 3.73. The molecule has 2 nitrogen and oxygen atoms in total. The molecule has 0 atom stereocenters. The Balaban J connectivity index is 2.33. The van der Waals surface area contributed by atoms with Crippen molar-refractivity contribution in [3.63, 3.8) is 0 Å². The van der Waals surface area contributed by atoms with E-state index in [2.05, 4.69) is 27.9 Å². The van der Waals surface area contributed by atoms with Gasteiger partial charge in [-0.2, -0.15) is 0 Å². The van der Waals surface area contributed by atoms with Gasteiger partial charge < -0.3 is 11.1 Å². The normalized spacial score (nSPS) is 10.3. The van der Waals surface area contributed by atoms with Crippen LogP contribution in [0.15, 0.2) is 36.4 Å². The van der Waals surface area contributed by atoms with Gasteiger partial charge in [0.05, 0.1) is 16.4 Å². The highest BCUT2D eigenvalue weighted by atomic mass is 127. The minimum Gasteiger partial charge on any atom is -0.397 e. The summed E-state index contributed by atoms with van der Waals surface area (Å²) >= 11 is 7.92. The van der Waals surface area contributed by atoms with Crippen LogP contribution in [-0.4, -0.2) is 0 Å². The molecule has 0 fully saturated rings. The van der Waals surface area contributed by atoms with E-state index in [1.165, 1.54) is 12.1 Å². The van der Waals surface area contributed by atoms with Gasteiger partial charge in [-0.3, -0.25) is 0 Å². The van der Waals surface area contributed by atoms with E-state index >= 15 is 0 Å². The van der Waals surface area contributed by atoms with Crippen molar-refractivity contribution in [3.05, 3.63) is 50.8 Å². The molecule has 3 N–H and O–H groups in total. The van der Waals surface area contributed by atoms with E-state index in [0.29, 0.717) is 11.4 Å². The van der Waals surface area contributed by atoms with Crippen molar-refractivity contribution in [2.75, 3.05) is 11.1 Å². The van der Waals surface area contributed by atoms with E-state index < -0.39 is 5.82 Å². The number of rotatable bonds is 2. The number of hydrogen-bond donors (Lipinski definition) is 2. The van der Waals surface area contributed by atoms with Gasteiger partial charge in [0.25, 0.3) is 0 Å². The van der Waals surface area contributed by atoms with Crippen LogP contribution in [0.5, 0.6) is 0 Å². The number of anilines is 3. The fourth-order valence-corrected chi connectivity index (χ4v) is 2.10. The summed E-state index contributed by atoms with van der Waals surface area (Å²) < 4.78 is 14.2. The fraction of sp³-hybridized carbons (Fsp3) is 0. The van der Waals surface area contributed by atoms with Gasteiger partial charge in [-0.15, -0.1) is 0 Å². The molecule has 0 amide bonds. The molecule has 0 aromatic heterocycles. The first-order chi connectivity index (χ1) is 8.06. The van der Waals surface area contributed by atoms with Crippen LogP contribution in [0.4, 0.5) is 21.5 Å². The predicted octanol–water partition coefficient (Wildman–Crippen LogP) is 4.41. The number of nitrogens with one attached hydrogen (secondary N) is 1. The average Bonchev–Trinajstić information content (AvgIpc) is 2.26. The molecule has 0 radical (unpaired) electrons. The average molecular weight is 363 g/mol. The first-order valence-corrected chi connectivity index (χ1v) is 6.29. The lowest BCUT2D eigenvalue weighted by Gasteiger charge is -2.10. The molecule has 0 unspecified atom stereocenters. The summed E-state index contributed by atoms with van der Waals surface area (Å²) in [4.78, 5) is 0. The molecule has 0 aliphatic rings. The van der Waals surface area contributed by atoms with Crippen molar-refractivity contribution in [1.29, 1.82) is 0 Å². The lowest BCUT2D eigenvalue weighted by atomic mass is 10.2. The first-order valence-electron chi connectivity index (χ1n) is 4.83. The highest BCUT2D eigenvalue weighted by Gasteiger charge is 2.06. The van der Waals surface area contributed by atoms with Gasteiger partial charge in [-0.25, -0.2) is 4.39 Å². The zero-order valence-corrected chi connectivity index (χ0v) is 11.6. The van der Waals surface area contributed by atoms with Crippen LogP contribution in [0.2, 0.25) is 5.02 Å². The van der Waals surface area contributed by atoms with Crippen molar-refractivity contribution in [2.24, 2.45) is 0 Å². The first kappa shape index (κ1) is 12.4. The van der Waals surface area contributed by atoms with Crippen LogP contribution in [0.25, 0.3) is 0 Å². The molecule has 0 bridgehead atoms. The van der Waals surface area contributed by atoms with Crippen molar-refractivity contribution in [1.82, 2.24) is 0 Å². The van der Waals surface area contributed by atoms with Crippen LogP contribution in [0.3, 0.4) is 0 Å². The number of benzene rings is 2. The molecular weight excluding hydrogens is 354 g/mol. The number of nitrogen functional groups attached to an aromatic ring is 1. The zero-order chi connectivity index (χ0) is 12.4. The van der Waals surface area contributed by atoms with Crippen LogP contribution in [0, 0.1) is 9.39 Å². The molecule has 88 valence electrons. The van der Waals surface area contributed by atoms with Gasteiger partial charge in [0.15, 0.2) is 0 Å². The van der Waals surface area contributed by atoms with E-state index in [0.717, 1.165) is 9.26 Å². The molecule has 2 aromatic rings. The van der Waals surface area contributed by atoms with E-state index in [1.807, 2.05) is 24.3 Å². The zero-order valence-electron chi connectivity index (χ0n) is 8.68. The molecule has 0 saturated carbocycles. The van der Waals surface area contributed by atoms with E-state index in [1.54, 1.807) is 0 Å². The molecule has 0 saturated heterocycles. The Morgan fingerprint density at radius 3 is 2.71 bits per heavy atom. The molecule has 0 spiro atoms. The van der Waals surface area contributed by atoms with Crippen LogP contribution < -0.4 is 11.1 Å². The highest BCUT2D eigenvalue weighted by molar-refractivity contribution is 14.1. The summed E-state index contributed by atoms with van der Waals surface area (Å²) in [5.74, 6) is -0.516. The van der Waals surface area contributed by atoms with E-state index in [-0.39, 0.29) is 5.02 Å². The van der Waals surface area contributed by atoms with E-state index in [4.69, 9.17) is 17.3 Å². The molecule has 17 heavy (non-hydrogen) atoms. The van der Waals surface area contributed by atoms with Crippen LogP contribution >= 0.6 is 34.2 Å². The summed E-state index contributed by atoms with van der Waals surface area (Å²) in [6.07, 6.45) is 0. The number of nitrogens with two attached hydrogens (primary N) is 1. The summed E-state index contributed by atoms with van der Waals surface area (Å²) in [6, 6.07) is 10.4. The summed E-state index contributed by atoms with van der Waals surface area (Å²) in [6.45, 7) is 0. The van der Waals surface area contributed by atoms with Crippen molar-refractivity contribution >= 4 is 51.3 Å². The highest BCUT2D eigenvalue weighted by Crippen LogP contribution is 2.29. The van der Waals surface area contributed by atoms with E-state index in [9.17, 15) is 4.39 Å². The smallest absolute Gasteiger partial charge is 0.143 e. The third-order valence-electron chi connectivity index (χ3n) is 2.20. The Morgan fingerprint density at radius 1 is 1.24 bits per heavy atom. The topological polar surface area (TPSA) is 38.0 Å². The number of hydrogen-bond acceptors (Lipinski definition) is 2. The molecular formula is C12H9ClFIN2. The lowest BCUT2D eigenvalue weighted by molar-refractivity contribution is 0.629. The SMILES string of the molecule is Nc1cc(F)c(Cl)cc1Nc1cccc(I)c1. The third-order valence-corrected chi connectivity index (χ3v) is 3.16. The maximum absolute atomic E-state index is 13.1. The maximum Gasteiger partial charge on any atom is 0.143 e. The van der Waals surface area contributed by atoms with Crippen molar-refractivity contribution in [2.45, 2.75) is 0 Å². The Bertz CT molecular complexity index is 560. The van der Waals surface area contributed by atoms with Crippen LogP contribution in [-0.2, 0) is 0 Å². The third kappa shape index (κ3) is 3.01. The monoisotopic (exact) mass is 362 g/mol. The second kappa shape index (κ2) is 5.10. The minimum absolute atomic E-state index is 0.0485. The molecule has 0 heterocycles. The largest absolute Gasteiger partial charge is 0.397 e.